The number of carbonyl (C=O) groups excluding carboxylic acids is 2. The molecule has 2 unspecified atom stereocenters. The van der Waals surface area contributed by atoms with E-state index in [1.165, 1.54) is 28.8 Å². The van der Waals surface area contributed by atoms with E-state index in [0.29, 0.717) is 35.1 Å². The average molecular weight is 537 g/mol. The minimum absolute atomic E-state index is 0.177. The minimum Gasteiger partial charge on any atom is -0.388 e. The lowest BCUT2D eigenvalue weighted by Crippen LogP contribution is -2.50. The van der Waals surface area contributed by atoms with Crippen molar-refractivity contribution in [1.29, 1.82) is 0 Å². The van der Waals surface area contributed by atoms with Gasteiger partial charge < -0.3 is 5.11 Å². The zero-order valence-corrected chi connectivity index (χ0v) is 22.9. The third kappa shape index (κ3) is 5.27. The Morgan fingerprint density at radius 3 is 2.72 bits per heavy atom. The van der Waals surface area contributed by atoms with Crippen molar-refractivity contribution in [3.05, 3.63) is 53.2 Å². The number of nitrogens with one attached hydrogen (secondary N) is 1. The van der Waals surface area contributed by atoms with E-state index in [4.69, 9.17) is 0 Å². The summed E-state index contributed by atoms with van der Waals surface area (Å²) in [5, 5.41) is 18.6. The van der Waals surface area contributed by atoms with Gasteiger partial charge in [-0.15, -0.1) is 0 Å². The number of pyridine rings is 1. The summed E-state index contributed by atoms with van der Waals surface area (Å²) in [5.41, 5.74) is 2.74. The van der Waals surface area contributed by atoms with E-state index >= 15 is 4.39 Å². The lowest BCUT2D eigenvalue weighted by molar-refractivity contribution is -0.120. The van der Waals surface area contributed by atoms with Crippen LogP contribution in [0.2, 0.25) is 0 Å². The summed E-state index contributed by atoms with van der Waals surface area (Å²) < 4.78 is 18.0. The third-order valence-electron chi connectivity index (χ3n) is 8.05. The Labute approximate surface area is 228 Å². The van der Waals surface area contributed by atoms with Crippen molar-refractivity contribution in [2.75, 3.05) is 24.5 Å². The summed E-state index contributed by atoms with van der Waals surface area (Å²) in [4.78, 5) is 31.8. The van der Waals surface area contributed by atoms with Gasteiger partial charge in [0.05, 0.1) is 29.2 Å². The molecule has 1 aromatic carbocycles. The molecule has 9 nitrogen and oxygen atoms in total. The molecule has 2 N–H and O–H groups in total. The van der Waals surface area contributed by atoms with Gasteiger partial charge in [0.1, 0.15) is 5.82 Å². The van der Waals surface area contributed by atoms with E-state index in [2.05, 4.69) is 25.0 Å². The van der Waals surface area contributed by atoms with Crippen molar-refractivity contribution in [1.82, 2.24) is 25.0 Å². The molecule has 6 rings (SSSR count). The predicted octanol–water partition coefficient (Wildman–Crippen LogP) is 4.12. The first-order valence-electron chi connectivity index (χ1n) is 14.0. The molecule has 0 saturated carbocycles. The van der Waals surface area contributed by atoms with Crippen molar-refractivity contribution in [3.63, 3.8) is 0 Å². The molecule has 2 saturated heterocycles. The van der Waals surface area contributed by atoms with Crippen molar-refractivity contribution in [2.45, 2.75) is 77.5 Å². The summed E-state index contributed by atoms with van der Waals surface area (Å²) in [6.45, 7) is 8.86. The molecular formula is C29H37FN6O3. The summed E-state index contributed by atoms with van der Waals surface area (Å²) in [7, 11) is 0. The van der Waals surface area contributed by atoms with Crippen molar-refractivity contribution < 1.29 is 19.1 Å². The second-order valence-corrected chi connectivity index (χ2v) is 10.7. The number of anilines is 1. The van der Waals surface area contributed by atoms with E-state index in [1.54, 1.807) is 25.1 Å². The molecule has 0 spiro atoms. The summed E-state index contributed by atoms with van der Waals surface area (Å²) in [6, 6.07) is 4.55. The lowest BCUT2D eigenvalue weighted by atomic mass is 9.77. The number of halogens is 1. The molecule has 5 heterocycles. The van der Waals surface area contributed by atoms with Crippen molar-refractivity contribution in [2.24, 2.45) is 0 Å². The van der Waals surface area contributed by atoms with Gasteiger partial charge in [0.2, 0.25) is 5.91 Å². The van der Waals surface area contributed by atoms with Crippen LogP contribution < -0.4 is 10.2 Å². The molecule has 3 aromatic rings. The van der Waals surface area contributed by atoms with Crippen LogP contribution >= 0.6 is 0 Å². The Hall–Kier alpha value is -3.37. The van der Waals surface area contributed by atoms with Gasteiger partial charge >= 0.3 is 6.03 Å². The first-order valence-corrected chi connectivity index (χ1v) is 14.0. The maximum atomic E-state index is 15.9. The monoisotopic (exact) mass is 536 g/mol. The number of imide groups is 1. The van der Waals surface area contributed by atoms with E-state index in [1.807, 2.05) is 20.0 Å². The highest BCUT2D eigenvalue weighted by Gasteiger charge is 2.40. The van der Waals surface area contributed by atoms with Gasteiger partial charge in [-0.3, -0.25) is 29.6 Å². The smallest absolute Gasteiger partial charge is 0.328 e. The molecule has 0 radical (unpaired) electrons. The number of nitrogens with zero attached hydrogens (tertiary/aromatic N) is 5. The normalized spacial score (nSPS) is 23.7. The van der Waals surface area contributed by atoms with Crippen LogP contribution in [0.1, 0.15) is 69.2 Å². The second-order valence-electron chi connectivity index (χ2n) is 10.7. The van der Waals surface area contributed by atoms with Crippen LogP contribution in [0, 0.1) is 5.82 Å². The Bertz CT molecular complexity index is 1390. The first-order chi connectivity index (χ1) is 18.8. The highest BCUT2D eigenvalue weighted by Crippen LogP contribution is 2.40. The first kappa shape index (κ1) is 27.2. The van der Waals surface area contributed by atoms with Crippen LogP contribution in [0.3, 0.4) is 0 Å². The predicted molar refractivity (Wildman–Crippen MR) is 147 cm³/mol. The molecule has 39 heavy (non-hydrogen) atoms. The number of carbonyl (C=O) groups is 2. The Morgan fingerprint density at radius 1 is 1.13 bits per heavy atom. The topological polar surface area (TPSA) is 104 Å². The number of aliphatic hydroxyl groups is 1. The maximum Gasteiger partial charge on any atom is 0.328 e. The molecule has 208 valence electrons. The number of β-amino-alcohol motifs (C(OH)–C–C–N with tert-alkyl or cyclic N) is 1. The molecule has 2 atom stereocenters. The van der Waals surface area contributed by atoms with Crippen LogP contribution in [0.15, 0.2) is 30.6 Å². The SMILES string of the molecule is CC.CC1(O)CN(Cc2cnn3c2CCCC3)CCC1c1ccc2ncc(N3CCC(=O)NC3=O)cc2c1F. The highest BCUT2D eigenvalue weighted by atomic mass is 19.1. The molecule has 3 aliphatic rings. The molecule has 3 amide bonds. The fourth-order valence-electron chi connectivity index (χ4n) is 6.15. The quantitative estimate of drug-likeness (QED) is 0.520. The van der Waals surface area contributed by atoms with Crippen molar-refractivity contribution in [3.8, 4) is 0 Å². The molecule has 10 heteroatoms. The Balaban J connectivity index is 0.00000151. The van der Waals surface area contributed by atoms with Crippen LogP contribution in [0.4, 0.5) is 14.9 Å². The third-order valence-corrected chi connectivity index (χ3v) is 8.05. The van der Waals surface area contributed by atoms with Gasteiger partial charge in [-0.2, -0.15) is 5.10 Å². The number of piperidine rings is 1. The average Bonchev–Trinajstić information content (AvgIpc) is 3.33. The number of benzene rings is 1. The zero-order valence-electron chi connectivity index (χ0n) is 22.9. The fourth-order valence-corrected chi connectivity index (χ4v) is 6.15. The lowest BCUT2D eigenvalue weighted by Gasteiger charge is -2.43. The molecule has 2 aromatic heterocycles. The van der Waals surface area contributed by atoms with Gasteiger partial charge in [-0.05, 0) is 56.8 Å². The van der Waals surface area contributed by atoms with Crippen LogP contribution in [0.25, 0.3) is 10.9 Å². The van der Waals surface area contributed by atoms with E-state index < -0.39 is 17.4 Å². The largest absolute Gasteiger partial charge is 0.388 e. The summed E-state index contributed by atoms with van der Waals surface area (Å²) in [5.74, 6) is -1.14. The van der Waals surface area contributed by atoms with Crippen molar-refractivity contribution >= 4 is 28.5 Å². The molecular weight excluding hydrogens is 499 g/mol. The number of hydrogen-bond donors (Lipinski definition) is 2. The highest BCUT2D eigenvalue weighted by molar-refractivity contribution is 6.06. The molecule has 3 aliphatic heterocycles. The maximum absolute atomic E-state index is 15.9. The van der Waals surface area contributed by atoms with Gasteiger partial charge in [-0.1, -0.05) is 19.9 Å². The zero-order chi connectivity index (χ0) is 27.7. The number of urea groups is 1. The standard InChI is InChI=1S/C27H31FN6O3.C2H6/c1-27(37)16-32(15-17-13-30-34-9-3-2-4-23(17)34)10-7-21(27)19-5-6-22-20(25(19)28)12-18(14-29-22)33-11-8-24(35)31-26(33)36;1-2/h5-6,12-14,21,37H,2-4,7-11,15-16H2,1H3,(H,31,35,36);1-2H3. The molecule has 0 aliphatic carbocycles. The number of amides is 3. The second kappa shape index (κ2) is 11.0. The van der Waals surface area contributed by atoms with E-state index in [9.17, 15) is 14.7 Å². The van der Waals surface area contributed by atoms with Crippen LogP contribution in [-0.2, 0) is 24.3 Å². The molecule has 0 bridgehead atoms. The van der Waals surface area contributed by atoms with E-state index in [-0.39, 0.29) is 24.8 Å². The fraction of sp³-hybridized carbons (Fsp3) is 0.517. The minimum atomic E-state index is -1.13. The van der Waals surface area contributed by atoms with E-state index in [0.717, 1.165) is 32.5 Å². The number of rotatable bonds is 4. The summed E-state index contributed by atoms with van der Waals surface area (Å²) >= 11 is 0. The number of likely N-dealkylation sites (tertiary alicyclic amines) is 1. The molecule has 2 fully saturated rings. The Morgan fingerprint density at radius 2 is 1.95 bits per heavy atom. The number of aryl methyl sites for hydroxylation is 1. The number of fused-ring (bicyclic) bond motifs is 2. The van der Waals surface area contributed by atoms with Crippen LogP contribution in [0.5, 0.6) is 0 Å². The Kier molecular flexibility index (Phi) is 7.68. The van der Waals surface area contributed by atoms with Crippen LogP contribution in [-0.4, -0.2) is 61.9 Å². The number of aromatic nitrogens is 3. The van der Waals surface area contributed by atoms with Gasteiger partial charge in [-0.25, -0.2) is 9.18 Å². The van der Waals surface area contributed by atoms with Gasteiger partial charge in [0.15, 0.2) is 0 Å². The van der Waals surface area contributed by atoms with Gasteiger partial charge in [0.25, 0.3) is 0 Å². The van der Waals surface area contributed by atoms with Gasteiger partial charge in [0, 0.05) is 55.2 Å². The number of hydrogen-bond acceptors (Lipinski definition) is 6. The summed E-state index contributed by atoms with van der Waals surface area (Å²) in [6.07, 6.45) is 7.63.